The molecule has 4 rings (SSSR count). The van der Waals surface area contributed by atoms with Crippen molar-refractivity contribution in [2.24, 2.45) is 0 Å². The maximum absolute atomic E-state index is 12.1. The van der Waals surface area contributed by atoms with Gasteiger partial charge >= 0.3 is 0 Å². The lowest BCUT2D eigenvalue weighted by Gasteiger charge is -2.27. The largest absolute Gasteiger partial charge is 0.497 e. The van der Waals surface area contributed by atoms with Crippen LogP contribution in [0.1, 0.15) is 17.0 Å². The number of benzene rings is 1. The minimum absolute atomic E-state index is 0.151. The molecule has 0 radical (unpaired) electrons. The molecule has 0 saturated carbocycles. The summed E-state index contributed by atoms with van der Waals surface area (Å²) < 4.78 is 5.21. The van der Waals surface area contributed by atoms with E-state index >= 15 is 0 Å². The molecular formula is C20H21N5O2. The second kappa shape index (κ2) is 7.20. The van der Waals surface area contributed by atoms with Gasteiger partial charge in [0.15, 0.2) is 0 Å². The van der Waals surface area contributed by atoms with Gasteiger partial charge in [0.2, 0.25) is 5.95 Å². The van der Waals surface area contributed by atoms with E-state index in [1.807, 2.05) is 42.5 Å². The molecule has 27 heavy (non-hydrogen) atoms. The molecule has 0 spiro atoms. The van der Waals surface area contributed by atoms with Crippen molar-refractivity contribution in [2.45, 2.75) is 19.5 Å². The summed E-state index contributed by atoms with van der Waals surface area (Å²) in [5.41, 5.74) is 9.90. The first-order chi connectivity index (χ1) is 13.1. The number of rotatable bonds is 4. The molecule has 0 fully saturated rings. The van der Waals surface area contributed by atoms with Crippen molar-refractivity contribution in [3.05, 3.63) is 69.8 Å². The van der Waals surface area contributed by atoms with E-state index in [1.54, 1.807) is 7.11 Å². The fourth-order valence-electron chi connectivity index (χ4n) is 3.35. The Bertz CT molecular complexity index is 1010. The van der Waals surface area contributed by atoms with Crippen LogP contribution in [0.25, 0.3) is 11.3 Å². The lowest BCUT2D eigenvalue weighted by atomic mass is 10.1. The van der Waals surface area contributed by atoms with Gasteiger partial charge in [-0.15, -0.1) is 0 Å². The first-order valence-corrected chi connectivity index (χ1v) is 8.82. The van der Waals surface area contributed by atoms with E-state index in [0.29, 0.717) is 25.1 Å². The molecule has 3 heterocycles. The van der Waals surface area contributed by atoms with Gasteiger partial charge in [-0.1, -0.05) is 6.07 Å². The van der Waals surface area contributed by atoms with Crippen LogP contribution in [0.2, 0.25) is 0 Å². The highest BCUT2D eigenvalue weighted by Gasteiger charge is 2.21. The summed E-state index contributed by atoms with van der Waals surface area (Å²) in [4.78, 5) is 26.0. The molecule has 0 unspecified atom stereocenters. The summed E-state index contributed by atoms with van der Waals surface area (Å²) in [5, 5.41) is 0. The number of hydrogen-bond acceptors (Lipinski definition) is 6. The number of fused-ring (bicyclic) bond motifs is 1. The Labute approximate surface area is 156 Å². The van der Waals surface area contributed by atoms with Crippen LogP contribution in [0.5, 0.6) is 5.75 Å². The van der Waals surface area contributed by atoms with E-state index in [1.165, 1.54) is 0 Å². The number of methoxy groups -OCH3 is 1. The van der Waals surface area contributed by atoms with Crippen LogP contribution in [-0.4, -0.2) is 33.5 Å². The van der Waals surface area contributed by atoms with E-state index in [-0.39, 0.29) is 11.5 Å². The average Bonchev–Trinajstić information content (AvgIpc) is 2.69. The fourth-order valence-corrected chi connectivity index (χ4v) is 3.35. The van der Waals surface area contributed by atoms with Crippen LogP contribution in [-0.2, 0) is 19.5 Å². The second-order valence-corrected chi connectivity index (χ2v) is 6.58. The molecule has 1 aliphatic rings. The summed E-state index contributed by atoms with van der Waals surface area (Å²) in [6.07, 6.45) is 0.710. The molecular weight excluding hydrogens is 342 g/mol. The minimum Gasteiger partial charge on any atom is -0.497 e. The van der Waals surface area contributed by atoms with Crippen molar-refractivity contribution >= 4 is 5.95 Å². The highest BCUT2D eigenvalue weighted by atomic mass is 16.5. The zero-order valence-corrected chi connectivity index (χ0v) is 15.1. The van der Waals surface area contributed by atoms with Crippen molar-refractivity contribution in [1.82, 2.24) is 19.9 Å². The van der Waals surface area contributed by atoms with Crippen LogP contribution in [0.15, 0.2) is 47.3 Å². The first kappa shape index (κ1) is 17.2. The summed E-state index contributed by atoms with van der Waals surface area (Å²) in [6.45, 7) is 2.04. The number of ether oxygens (including phenoxy) is 1. The fraction of sp³-hybridized carbons (Fsp3) is 0.250. The Hall–Kier alpha value is -3.19. The predicted octanol–water partition coefficient (Wildman–Crippen LogP) is 1.98. The lowest BCUT2D eigenvalue weighted by Crippen LogP contribution is -2.35. The summed E-state index contributed by atoms with van der Waals surface area (Å²) >= 11 is 0. The number of aromatic nitrogens is 3. The summed E-state index contributed by atoms with van der Waals surface area (Å²) in [6, 6.07) is 13.9. The van der Waals surface area contributed by atoms with E-state index in [0.717, 1.165) is 34.9 Å². The molecule has 3 N–H and O–H groups in total. The van der Waals surface area contributed by atoms with Crippen molar-refractivity contribution in [3.63, 3.8) is 0 Å². The Morgan fingerprint density at radius 1 is 1.19 bits per heavy atom. The number of pyridine rings is 1. The molecule has 0 bridgehead atoms. The molecule has 0 saturated heterocycles. The maximum Gasteiger partial charge on any atom is 0.257 e. The van der Waals surface area contributed by atoms with Gasteiger partial charge < -0.3 is 10.5 Å². The summed E-state index contributed by atoms with van der Waals surface area (Å²) in [5.74, 6) is 1.00. The van der Waals surface area contributed by atoms with Gasteiger partial charge in [0.1, 0.15) is 5.75 Å². The standard InChI is InChI=1S/C20H21N5O2/c1-27-15-7-5-13(6-8-15)17-4-2-3-14(22-17)11-25-10-9-18-16(12-25)19(26)24-20(21)23-18/h2-8H,9-12H2,1H3,(H3,21,23,24,26). The Kier molecular flexibility index (Phi) is 4.60. The number of nitrogens with one attached hydrogen (secondary N) is 1. The predicted molar refractivity (Wildman–Crippen MR) is 103 cm³/mol. The minimum atomic E-state index is -0.151. The van der Waals surface area contributed by atoms with E-state index in [9.17, 15) is 4.79 Å². The number of H-pyrrole nitrogens is 1. The molecule has 138 valence electrons. The maximum atomic E-state index is 12.1. The SMILES string of the molecule is COc1ccc(-c2cccc(CN3CCc4nc(N)[nH]c(=O)c4C3)n2)cc1. The molecule has 0 atom stereocenters. The monoisotopic (exact) mass is 363 g/mol. The third-order valence-corrected chi connectivity index (χ3v) is 4.74. The van der Waals surface area contributed by atoms with Crippen LogP contribution >= 0.6 is 0 Å². The van der Waals surface area contributed by atoms with E-state index in [4.69, 9.17) is 15.5 Å². The van der Waals surface area contributed by atoms with Crippen LogP contribution in [0, 0.1) is 0 Å². The topological polar surface area (TPSA) is 97.1 Å². The van der Waals surface area contributed by atoms with Crippen LogP contribution < -0.4 is 16.0 Å². The second-order valence-electron chi connectivity index (χ2n) is 6.58. The Morgan fingerprint density at radius 3 is 2.78 bits per heavy atom. The van der Waals surface area contributed by atoms with Gasteiger partial charge in [0, 0.05) is 31.6 Å². The number of nitrogen functional groups attached to an aromatic ring is 1. The van der Waals surface area contributed by atoms with Gasteiger partial charge in [-0.3, -0.25) is 19.7 Å². The molecule has 0 aliphatic carbocycles. The van der Waals surface area contributed by atoms with Crippen molar-refractivity contribution < 1.29 is 4.74 Å². The van der Waals surface area contributed by atoms with Crippen LogP contribution in [0.3, 0.4) is 0 Å². The highest BCUT2D eigenvalue weighted by Crippen LogP contribution is 2.22. The number of anilines is 1. The van der Waals surface area contributed by atoms with Gasteiger partial charge in [-0.05, 0) is 36.4 Å². The first-order valence-electron chi connectivity index (χ1n) is 8.82. The number of nitrogens with two attached hydrogens (primary N) is 1. The molecule has 7 nitrogen and oxygen atoms in total. The Morgan fingerprint density at radius 2 is 2.00 bits per heavy atom. The Balaban J connectivity index is 1.52. The van der Waals surface area contributed by atoms with E-state index < -0.39 is 0 Å². The zero-order valence-electron chi connectivity index (χ0n) is 15.1. The van der Waals surface area contributed by atoms with Crippen molar-refractivity contribution in [2.75, 3.05) is 19.4 Å². The zero-order chi connectivity index (χ0) is 18.8. The van der Waals surface area contributed by atoms with Crippen molar-refractivity contribution in [1.29, 1.82) is 0 Å². The number of nitrogens with zero attached hydrogens (tertiary/aromatic N) is 3. The third-order valence-electron chi connectivity index (χ3n) is 4.74. The smallest absolute Gasteiger partial charge is 0.257 e. The third kappa shape index (κ3) is 3.68. The molecule has 1 aliphatic heterocycles. The molecule has 0 amide bonds. The average molecular weight is 363 g/mol. The summed E-state index contributed by atoms with van der Waals surface area (Å²) in [7, 11) is 1.65. The molecule has 7 heteroatoms. The number of hydrogen-bond donors (Lipinski definition) is 2. The van der Waals surface area contributed by atoms with Gasteiger partial charge in [-0.2, -0.15) is 0 Å². The van der Waals surface area contributed by atoms with E-state index in [2.05, 4.69) is 14.9 Å². The highest BCUT2D eigenvalue weighted by molar-refractivity contribution is 5.60. The molecule has 1 aromatic carbocycles. The number of aromatic amines is 1. The quantitative estimate of drug-likeness (QED) is 0.736. The van der Waals surface area contributed by atoms with Gasteiger partial charge in [0.25, 0.3) is 5.56 Å². The van der Waals surface area contributed by atoms with Crippen molar-refractivity contribution in [3.8, 4) is 17.0 Å². The van der Waals surface area contributed by atoms with Gasteiger partial charge in [-0.25, -0.2) is 4.98 Å². The van der Waals surface area contributed by atoms with Gasteiger partial charge in [0.05, 0.1) is 29.8 Å². The normalized spacial score (nSPS) is 14.0. The molecule has 3 aromatic rings. The lowest BCUT2D eigenvalue weighted by molar-refractivity contribution is 0.239. The molecule has 2 aromatic heterocycles. The van der Waals surface area contributed by atoms with Crippen LogP contribution in [0.4, 0.5) is 5.95 Å².